The molecule has 0 saturated carbocycles. The van der Waals surface area contributed by atoms with E-state index < -0.39 is 10.0 Å². The molecule has 0 bridgehead atoms. The van der Waals surface area contributed by atoms with Gasteiger partial charge in [-0.2, -0.15) is 4.31 Å². The molecule has 1 aromatic heterocycles. The number of amides is 1. The third-order valence-electron chi connectivity index (χ3n) is 6.99. The molecule has 3 heterocycles. The number of benzene rings is 2. The molecule has 0 radical (unpaired) electrons. The summed E-state index contributed by atoms with van der Waals surface area (Å²) in [5.74, 6) is 0.0540. The number of nitrogens with zero attached hydrogens (tertiary/aromatic N) is 3. The van der Waals surface area contributed by atoms with E-state index in [0.29, 0.717) is 26.2 Å². The number of piperazine rings is 1. The number of hydrogen-bond acceptors (Lipinski definition) is 5. The van der Waals surface area contributed by atoms with Crippen LogP contribution in [0.25, 0.3) is 0 Å². The maximum absolute atomic E-state index is 13.4. The molecule has 184 valence electrons. The maximum Gasteiger partial charge on any atom is 0.236 e. The highest BCUT2D eigenvalue weighted by Gasteiger charge is 2.36. The Morgan fingerprint density at radius 3 is 2.40 bits per heavy atom. The van der Waals surface area contributed by atoms with Crippen LogP contribution in [-0.2, 0) is 27.0 Å². The average molecular weight is 510 g/mol. The Kier molecular flexibility index (Phi) is 7.07. The van der Waals surface area contributed by atoms with Crippen LogP contribution < -0.4 is 0 Å². The summed E-state index contributed by atoms with van der Waals surface area (Å²) in [7, 11) is -3.45. The van der Waals surface area contributed by atoms with Crippen LogP contribution in [0.2, 0.25) is 0 Å². The molecular formula is C27H31N3O3S2. The summed E-state index contributed by atoms with van der Waals surface area (Å²) >= 11 is 1.79. The van der Waals surface area contributed by atoms with Crippen LogP contribution in [0.15, 0.2) is 72.1 Å². The highest BCUT2D eigenvalue weighted by Crippen LogP contribution is 2.37. The van der Waals surface area contributed by atoms with Gasteiger partial charge in [-0.05, 0) is 41.5 Å². The van der Waals surface area contributed by atoms with Gasteiger partial charge in [0.2, 0.25) is 15.9 Å². The lowest BCUT2D eigenvalue weighted by Gasteiger charge is -2.41. The lowest BCUT2D eigenvalue weighted by atomic mass is 9.93. The van der Waals surface area contributed by atoms with Crippen molar-refractivity contribution in [3.63, 3.8) is 0 Å². The number of thiophene rings is 1. The molecule has 1 amide bonds. The SMILES string of the molecule is CC1CN(C(=O)CN2CCc3sccc3C2c2ccccc2)CCN1S(=O)(=O)Cc1ccccc1. The lowest BCUT2D eigenvalue weighted by molar-refractivity contribution is -0.135. The van der Waals surface area contributed by atoms with Gasteiger partial charge in [0.15, 0.2) is 0 Å². The Labute approximate surface area is 211 Å². The summed E-state index contributed by atoms with van der Waals surface area (Å²) in [6.07, 6.45) is 0.950. The number of hydrogen-bond donors (Lipinski definition) is 0. The summed E-state index contributed by atoms with van der Waals surface area (Å²) in [5, 5.41) is 2.14. The van der Waals surface area contributed by atoms with Crippen molar-refractivity contribution in [2.45, 2.75) is 31.2 Å². The van der Waals surface area contributed by atoms with Crippen LogP contribution >= 0.6 is 11.3 Å². The first-order valence-corrected chi connectivity index (χ1v) is 14.6. The van der Waals surface area contributed by atoms with Gasteiger partial charge < -0.3 is 4.90 Å². The minimum atomic E-state index is -3.45. The molecule has 1 saturated heterocycles. The molecular weight excluding hydrogens is 478 g/mol. The standard InChI is InChI=1S/C27H31N3O3S2/c1-21-18-28(15-16-30(21)35(32,33)20-22-8-4-2-5-9-22)26(31)19-29-14-12-25-24(13-17-34-25)27(29)23-10-6-3-7-11-23/h2-11,13,17,21,27H,12,14-16,18-20H2,1H3. The third kappa shape index (κ3) is 5.21. The topological polar surface area (TPSA) is 60.9 Å². The highest BCUT2D eigenvalue weighted by atomic mass is 32.2. The van der Waals surface area contributed by atoms with E-state index in [-0.39, 0.29) is 23.7 Å². The second kappa shape index (κ2) is 10.2. The minimum Gasteiger partial charge on any atom is -0.339 e. The molecule has 35 heavy (non-hydrogen) atoms. The predicted molar refractivity (Wildman–Crippen MR) is 140 cm³/mol. The Bertz CT molecular complexity index is 1260. The molecule has 2 aromatic carbocycles. The zero-order valence-electron chi connectivity index (χ0n) is 19.9. The van der Waals surface area contributed by atoms with E-state index in [1.54, 1.807) is 15.6 Å². The van der Waals surface area contributed by atoms with Crippen LogP contribution in [0.1, 0.15) is 34.5 Å². The molecule has 2 unspecified atom stereocenters. The van der Waals surface area contributed by atoms with Crippen molar-refractivity contribution in [3.05, 3.63) is 93.7 Å². The van der Waals surface area contributed by atoms with E-state index >= 15 is 0 Å². The number of carbonyl (C=O) groups is 1. The lowest BCUT2D eigenvalue weighted by Crippen LogP contribution is -2.57. The van der Waals surface area contributed by atoms with Crippen molar-refractivity contribution >= 4 is 27.3 Å². The van der Waals surface area contributed by atoms with Gasteiger partial charge in [-0.15, -0.1) is 11.3 Å². The Morgan fingerprint density at radius 2 is 1.69 bits per heavy atom. The zero-order chi connectivity index (χ0) is 24.4. The van der Waals surface area contributed by atoms with Crippen LogP contribution in [-0.4, -0.2) is 67.2 Å². The fraction of sp³-hybridized carbons (Fsp3) is 0.370. The normalized spacial score (nSPS) is 21.6. The van der Waals surface area contributed by atoms with Gasteiger partial charge in [-0.25, -0.2) is 8.42 Å². The van der Waals surface area contributed by atoms with Crippen molar-refractivity contribution in [2.24, 2.45) is 0 Å². The first-order valence-electron chi connectivity index (χ1n) is 12.1. The molecule has 0 N–H and O–H groups in total. The molecule has 8 heteroatoms. The third-order valence-corrected chi connectivity index (χ3v) is 9.94. The van der Waals surface area contributed by atoms with Gasteiger partial charge in [-0.1, -0.05) is 60.7 Å². The minimum absolute atomic E-state index is 0.0123. The predicted octanol–water partition coefficient (Wildman–Crippen LogP) is 3.76. The Balaban J connectivity index is 1.26. The smallest absolute Gasteiger partial charge is 0.236 e. The Hall–Kier alpha value is -2.52. The van der Waals surface area contributed by atoms with E-state index in [1.165, 1.54) is 16.0 Å². The summed E-state index contributed by atoms with van der Waals surface area (Å²) < 4.78 is 27.7. The second-order valence-corrected chi connectivity index (χ2v) is 12.3. The van der Waals surface area contributed by atoms with Gasteiger partial charge in [0.25, 0.3) is 0 Å². The second-order valence-electron chi connectivity index (χ2n) is 9.37. The largest absolute Gasteiger partial charge is 0.339 e. The first-order chi connectivity index (χ1) is 16.9. The maximum atomic E-state index is 13.4. The molecule has 5 rings (SSSR count). The van der Waals surface area contributed by atoms with Gasteiger partial charge in [-0.3, -0.25) is 9.69 Å². The molecule has 3 aromatic rings. The van der Waals surface area contributed by atoms with Gasteiger partial charge in [0, 0.05) is 37.1 Å². The summed E-state index contributed by atoms with van der Waals surface area (Å²) in [5.41, 5.74) is 3.28. The first kappa shape index (κ1) is 24.2. The quantitative estimate of drug-likeness (QED) is 0.508. The Morgan fingerprint density at radius 1 is 0.971 bits per heavy atom. The summed E-state index contributed by atoms with van der Waals surface area (Å²) in [4.78, 5) is 18.9. The van der Waals surface area contributed by atoms with Gasteiger partial charge >= 0.3 is 0 Å². The van der Waals surface area contributed by atoms with Crippen molar-refractivity contribution in [3.8, 4) is 0 Å². The molecule has 2 aliphatic rings. The zero-order valence-corrected chi connectivity index (χ0v) is 21.5. The highest BCUT2D eigenvalue weighted by molar-refractivity contribution is 7.88. The summed E-state index contributed by atoms with van der Waals surface area (Å²) in [6.45, 7) is 4.23. The number of sulfonamides is 1. The van der Waals surface area contributed by atoms with Gasteiger partial charge in [0.05, 0.1) is 18.3 Å². The van der Waals surface area contributed by atoms with Crippen molar-refractivity contribution in [2.75, 3.05) is 32.7 Å². The molecule has 2 aliphatic heterocycles. The molecule has 2 atom stereocenters. The van der Waals surface area contributed by atoms with E-state index in [9.17, 15) is 13.2 Å². The van der Waals surface area contributed by atoms with Crippen LogP contribution in [0.3, 0.4) is 0 Å². The molecule has 1 fully saturated rings. The molecule has 0 aliphatic carbocycles. The van der Waals surface area contributed by atoms with E-state index in [0.717, 1.165) is 18.5 Å². The number of carbonyl (C=O) groups excluding carboxylic acids is 1. The fourth-order valence-electron chi connectivity index (χ4n) is 5.29. The van der Waals surface area contributed by atoms with Crippen molar-refractivity contribution in [1.29, 1.82) is 0 Å². The fourth-order valence-corrected chi connectivity index (χ4v) is 7.94. The van der Waals surface area contributed by atoms with Crippen molar-refractivity contribution in [1.82, 2.24) is 14.1 Å². The average Bonchev–Trinajstić information content (AvgIpc) is 3.33. The van der Waals surface area contributed by atoms with Crippen LogP contribution in [0, 0.1) is 0 Å². The number of fused-ring (bicyclic) bond motifs is 1. The van der Waals surface area contributed by atoms with E-state index in [4.69, 9.17) is 0 Å². The van der Waals surface area contributed by atoms with Crippen molar-refractivity contribution < 1.29 is 13.2 Å². The number of rotatable bonds is 6. The van der Waals surface area contributed by atoms with Gasteiger partial charge in [0.1, 0.15) is 0 Å². The van der Waals surface area contributed by atoms with Crippen LogP contribution in [0.4, 0.5) is 0 Å². The van der Waals surface area contributed by atoms with E-state index in [1.807, 2.05) is 60.4 Å². The van der Waals surface area contributed by atoms with E-state index in [2.05, 4.69) is 28.5 Å². The molecule has 0 spiro atoms. The molecule has 6 nitrogen and oxygen atoms in total. The summed E-state index contributed by atoms with van der Waals surface area (Å²) in [6, 6.07) is 21.6. The monoisotopic (exact) mass is 509 g/mol. The van der Waals surface area contributed by atoms with Crippen LogP contribution in [0.5, 0.6) is 0 Å².